The lowest BCUT2D eigenvalue weighted by Gasteiger charge is -2.53. The molecule has 0 saturated heterocycles. The number of rotatable bonds is 15. The van der Waals surface area contributed by atoms with Crippen LogP contribution in [0, 0.1) is 0 Å². The zero-order chi connectivity index (χ0) is 24.9. The molecule has 0 aromatic carbocycles. The normalized spacial score (nSPS) is 20.7. The van der Waals surface area contributed by atoms with E-state index in [1.54, 1.807) is 0 Å². The molecule has 0 aliphatic heterocycles. The van der Waals surface area contributed by atoms with Crippen LogP contribution in [0.5, 0.6) is 0 Å². The fourth-order valence-electron chi connectivity index (χ4n) is 4.88. The Hall–Kier alpha value is 0.964. The third kappa shape index (κ3) is 8.92. The van der Waals surface area contributed by atoms with Crippen LogP contribution in [0.2, 0.25) is 76.0 Å². The van der Waals surface area contributed by atoms with Gasteiger partial charge in [-0.3, -0.25) is 0 Å². The number of hydrogen-bond acceptors (Lipinski definition) is 3. The van der Waals surface area contributed by atoms with Gasteiger partial charge in [0, 0.05) is 21.0 Å². The van der Waals surface area contributed by atoms with E-state index in [2.05, 4.69) is 93.5 Å². The van der Waals surface area contributed by atoms with Gasteiger partial charge in [0.15, 0.2) is 16.6 Å². The van der Waals surface area contributed by atoms with Crippen molar-refractivity contribution in [3.05, 3.63) is 0 Å². The molecule has 0 bridgehead atoms. The van der Waals surface area contributed by atoms with E-state index in [1.807, 2.05) is 0 Å². The van der Waals surface area contributed by atoms with Gasteiger partial charge < -0.3 is 13.3 Å². The topological polar surface area (TPSA) is 27.7 Å². The SMILES string of the molecule is CCC(O[Si](C)(C)C(C)O[Si](C)(C)C)C(C)(CC)[Si](C)(CC[SiH3])OC(CC)[Si](C)(C)C. The molecule has 5 atom stereocenters. The average Bonchev–Trinajstić information content (AvgIpc) is 2.61. The molecule has 0 radical (unpaired) electrons. The van der Waals surface area contributed by atoms with E-state index in [4.69, 9.17) is 13.3 Å². The highest BCUT2D eigenvalue weighted by molar-refractivity contribution is 6.81. The van der Waals surface area contributed by atoms with Crippen molar-refractivity contribution in [2.45, 2.75) is 147 Å². The first kappa shape index (κ1) is 32.0. The van der Waals surface area contributed by atoms with Gasteiger partial charge in [0.25, 0.3) is 0 Å². The lowest BCUT2D eigenvalue weighted by molar-refractivity contribution is 0.0948. The summed E-state index contributed by atoms with van der Waals surface area (Å²) in [5.41, 5.74) is 0.660. The Bertz CT molecular complexity index is 532. The molecule has 3 nitrogen and oxygen atoms in total. The molecule has 0 amide bonds. The van der Waals surface area contributed by atoms with Crippen molar-refractivity contribution in [1.29, 1.82) is 0 Å². The molecule has 0 saturated carbocycles. The summed E-state index contributed by atoms with van der Waals surface area (Å²) in [5.74, 6) is 0. The van der Waals surface area contributed by atoms with Gasteiger partial charge in [-0.2, -0.15) is 0 Å². The summed E-state index contributed by atoms with van der Waals surface area (Å²) in [6, 6.07) is 2.60. The fourth-order valence-corrected chi connectivity index (χ4v) is 20.3. The van der Waals surface area contributed by atoms with Gasteiger partial charge in [0.05, 0.1) is 19.9 Å². The minimum atomic E-state index is -2.03. The Morgan fingerprint density at radius 3 is 1.65 bits per heavy atom. The first-order valence-electron chi connectivity index (χ1n) is 12.9. The third-order valence-electron chi connectivity index (χ3n) is 7.45. The van der Waals surface area contributed by atoms with Crippen LogP contribution < -0.4 is 0 Å². The Morgan fingerprint density at radius 1 is 0.806 bits per heavy atom. The summed E-state index contributed by atoms with van der Waals surface area (Å²) in [7, 11) is -5.77. The monoisotopic (exact) mass is 522 g/mol. The van der Waals surface area contributed by atoms with Crippen LogP contribution in [0.3, 0.4) is 0 Å². The highest BCUT2D eigenvalue weighted by Crippen LogP contribution is 2.51. The average molecular weight is 523 g/mol. The van der Waals surface area contributed by atoms with Gasteiger partial charge in [-0.1, -0.05) is 53.4 Å². The van der Waals surface area contributed by atoms with Crippen molar-refractivity contribution in [3.8, 4) is 0 Å². The first-order chi connectivity index (χ1) is 13.8. The predicted octanol–water partition coefficient (Wildman–Crippen LogP) is 6.97. The summed E-state index contributed by atoms with van der Waals surface area (Å²) in [4.78, 5) is 0. The fraction of sp³-hybridized carbons (Fsp3) is 1.00. The van der Waals surface area contributed by atoms with Crippen LogP contribution in [0.15, 0.2) is 0 Å². The van der Waals surface area contributed by atoms with Crippen LogP contribution in [-0.2, 0) is 13.3 Å². The van der Waals surface area contributed by atoms with Crippen LogP contribution in [-0.4, -0.2) is 60.8 Å². The maximum absolute atomic E-state index is 7.32. The molecule has 5 unspecified atom stereocenters. The Morgan fingerprint density at radius 2 is 1.32 bits per heavy atom. The zero-order valence-corrected chi connectivity index (χ0v) is 30.0. The molecule has 0 aliphatic carbocycles. The molecular formula is C23H58O3Si5. The second-order valence-electron chi connectivity index (χ2n) is 12.6. The van der Waals surface area contributed by atoms with Crippen molar-refractivity contribution in [2.75, 3.05) is 0 Å². The third-order valence-corrected chi connectivity index (χ3v) is 21.3. The molecule has 0 aliphatic rings. The molecule has 31 heavy (non-hydrogen) atoms. The van der Waals surface area contributed by atoms with Crippen LogP contribution in [0.1, 0.15) is 53.9 Å². The standard InChI is InChI=1S/C23H58O3Si5/c1-15-21(25-30(12,13)20(4)24-29(9,10)11)23(5,17-3)31(14,19-18-27)26-22(16-2)28(6,7)8/h20-22H,15-19H2,1-14,27H3. The smallest absolute Gasteiger partial charge is 0.213 e. The molecule has 8 heteroatoms. The van der Waals surface area contributed by atoms with Gasteiger partial charge in [-0.05, 0) is 71.5 Å². The lowest BCUT2D eigenvalue weighted by atomic mass is 9.98. The van der Waals surface area contributed by atoms with E-state index < -0.39 is 33.0 Å². The van der Waals surface area contributed by atoms with Gasteiger partial charge in [-0.25, -0.2) is 0 Å². The van der Waals surface area contributed by atoms with Gasteiger partial charge in [0.2, 0.25) is 8.32 Å². The molecule has 188 valence electrons. The van der Waals surface area contributed by atoms with E-state index in [0.29, 0.717) is 5.73 Å². The van der Waals surface area contributed by atoms with Crippen molar-refractivity contribution in [2.24, 2.45) is 0 Å². The predicted molar refractivity (Wildman–Crippen MR) is 155 cm³/mol. The molecule has 0 fully saturated rings. The van der Waals surface area contributed by atoms with E-state index >= 15 is 0 Å². The Labute approximate surface area is 203 Å². The molecular weight excluding hydrogens is 465 g/mol. The second-order valence-corrected chi connectivity index (χ2v) is 32.1. The van der Waals surface area contributed by atoms with Gasteiger partial charge in [-0.15, -0.1) is 0 Å². The number of hydrogen-bond donors (Lipinski definition) is 0. The molecule has 0 heterocycles. The summed E-state index contributed by atoms with van der Waals surface area (Å²) in [6.45, 7) is 33.3. The molecule has 0 aromatic heterocycles. The molecule has 0 N–H and O–H groups in total. The Balaban J connectivity index is 6.10. The quantitative estimate of drug-likeness (QED) is 0.217. The van der Waals surface area contributed by atoms with E-state index in [1.165, 1.54) is 22.3 Å². The van der Waals surface area contributed by atoms with Crippen molar-refractivity contribution < 1.29 is 13.3 Å². The maximum atomic E-state index is 7.32. The first-order valence-corrected chi connectivity index (χ1v) is 26.9. The minimum absolute atomic E-state index is 0.113. The van der Waals surface area contributed by atoms with E-state index in [-0.39, 0.29) is 16.9 Å². The van der Waals surface area contributed by atoms with Crippen molar-refractivity contribution >= 4 is 43.3 Å². The maximum Gasteiger partial charge on any atom is 0.213 e. The lowest BCUT2D eigenvalue weighted by Crippen LogP contribution is -2.60. The zero-order valence-electron chi connectivity index (χ0n) is 24.0. The van der Waals surface area contributed by atoms with Crippen molar-refractivity contribution in [3.63, 3.8) is 0 Å². The summed E-state index contributed by atoms with van der Waals surface area (Å²) in [5, 5.41) is 0.113. The summed E-state index contributed by atoms with van der Waals surface area (Å²) < 4.78 is 21.0. The summed E-state index contributed by atoms with van der Waals surface area (Å²) in [6.07, 6.45) is 3.57. The highest BCUT2D eigenvalue weighted by Gasteiger charge is 2.54. The molecule has 0 rings (SSSR count). The van der Waals surface area contributed by atoms with E-state index in [9.17, 15) is 0 Å². The highest BCUT2D eigenvalue weighted by atomic mass is 28.4. The molecule has 0 aromatic rings. The second kappa shape index (κ2) is 12.1. The van der Waals surface area contributed by atoms with Gasteiger partial charge >= 0.3 is 0 Å². The largest absolute Gasteiger partial charge is 0.417 e. The van der Waals surface area contributed by atoms with Gasteiger partial charge in [0.1, 0.15) is 0 Å². The Kier molecular flexibility index (Phi) is 12.5. The van der Waals surface area contributed by atoms with E-state index in [0.717, 1.165) is 19.3 Å². The van der Waals surface area contributed by atoms with Crippen LogP contribution in [0.4, 0.5) is 0 Å². The minimum Gasteiger partial charge on any atom is -0.417 e. The summed E-state index contributed by atoms with van der Waals surface area (Å²) >= 11 is 0. The van der Waals surface area contributed by atoms with Crippen LogP contribution in [0.25, 0.3) is 0 Å². The molecule has 0 spiro atoms. The van der Waals surface area contributed by atoms with Crippen LogP contribution >= 0.6 is 0 Å². The van der Waals surface area contributed by atoms with Crippen molar-refractivity contribution in [1.82, 2.24) is 0 Å².